The van der Waals surface area contributed by atoms with Crippen molar-refractivity contribution < 1.29 is 9.18 Å². The van der Waals surface area contributed by atoms with Crippen molar-refractivity contribution in [3.63, 3.8) is 0 Å². The molecule has 0 radical (unpaired) electrons. The Hall–Kier alpha value is -2.69. The van der Waals surface area contributed by atoms with E-state index in [0.717, 1.165) is 34.9 Å². The van der Waals surface area contributed by atoms with Crippen molar-refractivity contribution >= 4 is 16.8 Å². The number of H-pyrrole nitrogens is 1. The van der Waals surface area contributed by atoms with E-state index in [1.54, 1.807) is 18.5 Å². The maximum atomic E-state index is 13.3. The SMILES string of the molecule is O=C(NCc1cccnc1)C1(c2c[nH]c3cc(F)ccc23)CC1. The van der Waals surface area contributed by atoms with Crippen LogP contribution in [0.4, 0.5) is 4.39 Å². The standard InChI is InChI=1S/C18H16FN3O/c19-13-3-4-14-15(11-21-16(14)8-13)18(5-6-18)17(23)22-10-12-2-1-7-20-9-12/h1-4,7-9,11,21H,5-6,10H2,(H,22,23). The molecule has 1 saturated carbocycles. The molecule has 0 spiro atoms. The third kappa shape index (κ3) is 2.38. The minimum atomic E-state index is -0.488. The van der Waals surface area contributed by atoms with Crippen molar-refractivity contribution in [2.24, 2.45) is 0 Å². The summed E-state index contributed by atoms with van der Waals surface area (Å²) in [4.78, 5) is 19.8. The summed E-state index contributed by atoms with van der Waals surface area (Å²) in [5.74, 6) is -0.261. The molecule has 0 atom stereocenters. The third-order valence-electron chi connectivity index (χ3n) is 4.52. The number of amides is 1. The molecule has 1 amide bonds. The molecule has 4 nitrogen and oxygen atoms in total. The number of pyridine rings is 1. The molecule has 0 aliphatic heterocycles. The smallest absolute Gasteiger partial charge is 0.231 e. The van der Waals surface area contributed by atoms with E-state index in [0.29, 0.717) is 6.54 Å². The fourth-order valence-electron chi connectivity index (χ4n) is 3.09. The monoisotopic (exact) mass is 309 g/mol. The summed E-state index contributed by atoms with van der Waals surface area (Å²) < 4.78 is 13.3. The van der Waals surface area contributed by atoms with Gasteiger partial charge in [0, 0.05) is 36.0 Å². The predicted molar refractivity (Wildman–Crippen MR) is 85.3 cm³/mol. The van der Waals surface area contributed by atoms with Gasteiger partial charge >= 0.3 is 0 Å². The van der Waals surface area contributed by atoms with Crippen LogP contribution in [0.25, 0.3) is 10.9 Å². The lowest BCUT2D eigenvalue weighted by Crippen LogP contribution is -2.34. The largest absolute Gasteiger partial charge is 0.361 e. The number of halogens is 1. The van der Waals surface area contributed by atoms with Gasteiger partial charge in [0.05, 0.1) is 5.41 Å². The van der Waals surface area contributed by atoms with E-state index < -0.39 is 5.41 Å². The van der Waals surface area contributed by atoms with Crippen LogP contribution in [0.1, 0.15) is 24.0 Å². The van der Waals surface area contributed by atoms with Gasteiger partial charge in [0.15, 0.2) is 0 Å². The molecule has 1 fully saturated rings. The highest BCUT2D eigenvalue weighted by Gasteiger charge is 2.52. The van der Waals surface area contributed by atoms with Gasteiger partial charge in [-0.15, -0.1) is 0 Å². The normalized spacial score (nSPS) is 15.5. The maximum Gasteiger partial charge on any atom is 0.231 e. The van der Waals surface area contributed by atoms with Gasteiger partial charge < -0.3 is 10.3 Å². The van der Waals surface area contributed by atoms with E-state index in [4.69, 9.17) is 0 Å². The van der Waals surface area contributed by atoms with Gasteiger partial charge in [-0.05, 0) is 48.2 Å². The van der Waals surface area contributed by atoms with Crippen LogP contribution in [0.3, 0.4) is 0 Å². The number of rotatable bonds is 4. The summed E-state index contributed by atoms with van der Waals surface area (Å²) in [6.45, 7) is 0.464. The molecule has 23 heavy (non-hydrogen) atoms. The van der Waals surface area contributed by atoms with Crippen molar-refractivity contribution in [3.05, 3.63) is 65.9 Å². The van der Waals surface area contributed by atoms with Crippen LogP contribution < -0.4 is 5.32 Å². The second-order valence-electron chi connectivity index (χ2n) is 6.02. The Bertz CT molecular complexity index is 868. The molecule has 1 aliphatic rings. The fourth-order valence-corrected chi connectivity index (χ4v) is 3.09. The zero-order valence-electron chi connectivity index (χ0n) is 12.5. The number of nitrogens with zero attached hydrogens (tertiary/aromatic N) is 1. The Labute approximate surface area is 132 Å². The number of carbonyl (C=O) groups is 1. The highest BCUT2D eigenvalue weighted by Crippen LogP contribution is 2.50. The zero-order valence-corrected chi connectivity index (χ0v) is 12.5. The molecular weight excluding hydrogens is 293 g/mol. The summed E-state index contributed by atoms with van der Waals surface area (Å²) in [7, 11) is 0. The van der Waals surface area contributed by atoms with Gasteiger partial charge in [-0.3, -0.25) is 9.78 Å². The minimum Gasteiger partial charge on any atom is -0.361 e. The van der Waals surface area contributed by atoms with Crippen LogP contribution in [0, 0.1) is 5.82 Å². The van der Waals surface area contributed by atoms with Crippen molar-refractivity contribution in [2.75, 3.05) is 0 Å². The first-order chi connectivity index (χ1) is 11.2. The predicted octanol–water partition coefficient (Wildman–Crippen LogP) is 3.05. The summed E-state index contributed by atoms with van der Waals surface area (Å²) in [6.07, 6.45) is 6.92. The summed E-state index contributed by atoms with van der Waals surface area (Å²) >= 11 is 0. The first-order valence-corrected chi connectivity index (χ1v) is 7.63. The second-order valence-corrected chi connectivity index (χ2v) is 6.02. The molecule has 0 saturated heterocycles. The molecule has 4 rings (SSSR count). The Morgan fingerprint density at radius 1 is 1.35 bits per heavy atom. The lowest BCUT2D eigenvalue weighted by Gasteiger charge is -2.15. The average Bonchev–Trinajstić information content (AvgIpc) is 3.28. The molecule has 1 aliphatic carbocycles. The van der Waals surface area contributed by atoms with Crippen LogP contribution in [0.5, 0.6) is 0 Å². The minimum absolute atomic E-state index is 0.0200. The Morgan fingerprint density at radius 2 is 2.22 bits per heavy atom. The Kier molecular flexibility index (Phi) is 3.15. The molecule has 0 bridgehead atoms. The number of hydrogen-bond donors (Lipinski definition) is 2. The van der Waals surface area contributed by atoms with Gasteiger partial charge in [0.25, 0.3) is 0 Å². The number of aromatic amines is 1. The zero-order chi connectivity index (χ0) is 15.9. The van der Waals surface area contributed by atoms with Crippen molar-refractivity contribution in [3.8, 4) is 0 Å². The highest BCUT2D eigenvalue weighted by atomic mass is 19.1. The van der Waals surface area contributed by atoms with Crippen molar-refractivity contribution in [1.29, 1.82) is 0 Å². The van der Waals surface area contributed by atoms with E-state index in [1.165, 1.54) is 12.1 Å². The van der Waals surface area contributed by atoms with E-state index in [1.807, 2.05) is 18.3 Å². The summed E-state index contributed by atoms with van der Waals surface area (Å²) in [6, 6.07) is 8.42. The number of fused-ring (bicyclic) bond motifs is 1. The van der Waals surface area contributed by atoms with E-state index in [-0.39, 0.29) is 11.7 Å². The third-order valence-corrected chi connectivity index (χ3v) is 4.52. The lowest BCUT2D eigenvalue weighted by atomic mass is 9.94. The van der Waals surface area contributed by atoms with E-state index >= 15 is 0 Å². The van der Waals surface area contributed by atoms with E-state index in [2.05, 4.69) is 15.3 Å². The van der Waals surface area contributed by atoms with Gasteiger partial charge in [-0.25, -0.2) is 4.39 Å². The van der Waals surface area contributed by atoms with E-state index in [9.17, 15) is 9.18 Å². The number of aromatic nitrogens is 2. The lowest BCUT2D eigenvalue weighted by molar-refractivity contribution is -0.123. The highest BCUT2D eigenvalue weighted by molar-refractivity contribution is 5.97. The quantitative estimate of drug-likeness (QED) is 0.778. The number of carbonyl (C=O) groups excluding carboxylic acids is 1. The van der Waals surface area contributed by atoms with Gasteiger partial charge in [-0.2, -0.15) is 0 Å². The molecule has 2 N–H and O–H groups in total. The van der Waals surface area contributed by atoms with Crippen molar-refractivity contribution in [1.82, 2.24) is 15.3 Å². The van der Waals surface area contributed by atoms with Gasteiger partial charge in [0.2, 0.25) is 5.91 Å². The molecule has 116 valence electrons. The first kappa shape index (κ1) is 13.9. The second kappa shape index (κ2) is 5.19. The van der Waals surface area contributed by atoms with Crippen molar-refractivity contribution in [2.45, 2.75) is 24.8 Å². The summed E-state index contributed by atoms with van der Waals surface area (Å²) in [5, 5.41) is 3.92. The van der Waals surface area contributed by atoms with Crippen LogP contribution in [-0.2, 0) is 16.8 Å². The molecule has 0 unspecified atom stereocenters. The molecule has 3 aromatic rings. The maximum absolute atomic E-state index is 13.3. The first-order valence-electron chi connectivity index (χ1n) is 7.63. The molecule has 2 heterocycles. The molecule has 5 heteroatoms. The topological polar surface area (TPSA) is 57.8 Å². The number of hydrogen-bond acceptors (Lipinski definition) is 2. The van der Waals surface area contributed by atoms with Crippen LogP contribution in [0.15, 0.2) is 48.9 Å². The van der Waals surface area contributed by atoms with Crippen LogP contribution in [-0.4, -0.2) is 15.9 Å². The van der Waals surface area contributed by atoms with Crippen LogP contribution >= 0.6 is 0 Å². The summed E-state index contributed by atoms with van der Waals surface area (Å²) in [5.41, 5.74) is 2.17. The molecule has 2 aromatic heterocycles. The Balaban J connectivity index is 1.58. The Morgan fingerprint density at radius 3 is 2.96 bits per heavy atom. The average molecular weight is 309 g/mol. The van der Waals surface area contributed by atoms with Crippen LogP contribution in [0.2, 0.25) is 0 Å². The fraction of sp³-hybridized carbons (Fsp3) is 0.222. The number of benzene rings is 1. The number of nitrogens with one attached hydrogen (secondary N) is 2. The molecule has 1 aromatic carbocycles. The van der Waals surface area contributed by atoms with Gasteiger partial charge in [-0.1, -0.05) is 6.07 Å². The molecular formula is C18H16FN3O. The van der Waals surface area contributed by atoms with Gasteiger partial charge in [0.1, 0.15) is 5.82 Å².